The average Bonchev–Trinajstić information content (AvgIpc) is 3.41. The van der Waals surface area contributed by atoms with Gasteiger partial charge in [-0.1, -0.05) is 42.6 Å². The second-order valence-electron chi connectivity index (χ2n) is 10.2. The number of anilines is 1. The molecule has 2 aromatic heterocycles. The van der Waals surface area contributed by atoms with Crippen LogP contribution in [0.4, 0.5) is 5.82 Å². The van der Waals surface area contributed by atoms with E-state index in [-0.39, 0.29) is 11.8 Å². The number of nitrogens with one attached hydrogen (secondary N) is 2. The number of unbranched alkanes of at least 4 members (excludes halogenated alkanes) is 4. The number of ketones is 1. The molecule has 1 saturated heterocycles. The van der Waals surface area contributed by atoms with E-state index in [1.165, 1.54) is 6.33 Å². The minimum atomic E-state index is -0.208. The molecule has 1 aliphatic rings. The lowest BCUT2D eigenvalue weighted by Crippen LogP contribution is -2.42. The molecule has 0 spiro atoms. The zero-order chi connectivity index (χ0) is 27.7. The molecular formula is C31H34ClN5O3. The van der Waals surface area contributed by atoms with Gasteiger partial charge in [-0.2, -0.15) is 0 Å². The molecule has 9 heteroatoms. The minimum absolute atomic E-state index is 0.208. The molecule has 0 bridgehead atoms. The van der Waals surface area contributed by atoms with E-state index < -0.39 is 0 Å². The Morgan fingerprint density at radius 1 is 1.07 bits per heavy atom. The molecule has 8 nitrogen and oxygen atoms in total. The number of fused-ring (bicyclic) bond motifs is 1. The molecule has 1 atom stereocenters. The summed E-state index contributed by atoms with van der Waals surface area (Å²) in [5.41, 5.74) is 1.46. The van der Waals surface area contributed by atoms with E-state index in [0.29, 0.717) is 50.9 Å². The number of ether oxygens (including phenoxy) is 1. The lowest BCUT2D eigenvalue weighted by molar-refractivity contribution is -0.107. The maximum atomic E-state index is 13.7. The van der Waals surface area contributed by atoms with E-state index in [1.807, 2.05) is 30.3 Å². The van der Waals surface area contributed by atoms with Crippen molar-refractivity contribution in [2.75, 3.05) is 25.0 Å². The highest BCUT2D eigenvalue weighted by Gasteiger charge is 2.24. The van der Waals surface area contributed by atoms with Gasteiger partial charge in [0.1, 0.15) is 35.6 Å². The van der Waals surface area contributed by atoms with Gasteiger partial charge in [-0.15, -0.1) is 0 Å². The molecule has 0 radical (unpaired) electrons. The van der Waals surface area contributed by atoms with Gasteiger partial charge >= 0.3 is 0 Å². The summed E-state index contributed by atoms with van der Waals surface area (Å²) in [4.78, 5) is 38.7. The van der Waals surface area contributed by atoms with Crippen molar-refractivity contribution in [3.05, 3.63) is 77.2 Å². The monoisotopic (exact) mass is 559 g/mol. The van der Waals surface area contributed by atoms with Crippen LogP contribution in [0.15, 0.2) is 61.1 Å². The van der Waals surface area contributed by atoms with Crippen molar-refractivity contribution in [3.63, 3.8) is 0 Å². The second kappa shape index (κ2) is 13.5. The number of aromatic amines is 1. The third-order valence-corrected chi connectivity index (χ3v) is 7.58. The maximum absolute atomic E-state index is 13.7. The molecule has 3 heterocycles. The standard InChI is InChI=1S/C31H34ClN5O3/c32-27-18-24(40-23-11-5-4-6-12-23)13-14-25(27)29(39)26-19-33-30-28(26)31(35-21-34-30)36-22-10-9-16-37(20-22)15-7-2-1-3-8-17-38/h4-6,11-14,17-19,21-22H,1-3,7-10,15-16,20H2,(H2,33,34,35,36). The van der Waals surface area contributed by atoms with Crippen LogP contribution >= 0.6 is 11.6 Å². The Morgan fingerprint density at radius 2 is 1.93 bits per heavy atom. The molecule has 1 aliphatic heterocycles. The summed E-state index contributed by atoms with van der Waals surface area (Å²) in [6.07, 6.45) is 11.3. The van der Waals surface area contributed by atoms with Crippen LogP contribution in [0.5, 0.6) is 11.5 Å². The first-order valence-electron chi connectivity index (χ1n) is 13.9. The van der Waals surface area contributed by atoms with Crippen LogP contribution < -0.4 is 10.1 Å². The van der Waals surface area contributed by atoms with Crippen LogP contribution in [0.25, 0.3) is 11.0 Å². The first-order valence-corrected chi connectivity index (χ1v) is 14.3. The number of aromatic nitrogens is 3. The van der Waals surface area contributed by atoms with Crippen LogP contribution in [0.2, 0.25) is 5.02 Å². The highest BCUT2D eigenvalue weighted by atomic mass is 35.5. The fraction of sp³-hybridized carbons (Fsp3) is 0.355. The molecule has 2 N–H and O–H groups in total. The molecule has 1 fully saturated rings. The number of hydrogen-bond donors (Lipinski definition) is 2. The molecule has 1 unspecified atom stereocenters. The van der Waals surface area contributed by atoms with Gasteiger partial charge in [-0.05, 0) is 63.0 Å². The number of halogens is 1. The predicted octanol–water partition coefficient (Wildman–Crippen LogP) is 6.66. The number of piperidine rings is 1. The Balaban J connectivity index is 1.28. The largest absolute Gasteiger partial charge is 0.457 e. The number of carbonyl (C=O) groups excluding carboxylic acids is 2. The number of likely N-dealkylation sites (tertiary alicyclic amines) is 1. The number of aldehydes is 1. The van der Waals surface area contributed by atoms with Crippen LogP contribution in [-0.2, 0) is 4.79 Å². The Morgan fingerprint density at radius 3 is 2.75 bits per heavy atom. The third-order valence-electron chi connectivity index (χ3n) is 7.27. The molecule has 2 aromatic carbocycles. The van der Waals surface area contributed by atoms with E-state index in [2.05, 4.69) is 25.2 Å². The van der Waals surface area contributed by atoms with Crippen molar-refractivity contribution in [1.82, 2.24) is 19.9 Å². The van der Waals surface area contributed by atoms with E-state index >= 15 is 0 Å². The summed E-state index contributed by atoms with van der Waals surface area (Å²) in [5.74, 6) is 1.69. The number of para-hydroxylation sites is 1. The fourth-order valence-corrected chi connectivity index (χ4v) is 5.51. The summed E-state index contributed by atoms with van der Waals surface area (Å²) >= 11 is 6.57. The van der Waals surface area contributed by atoms with Crippen molar-refractivity contribution in [3.8, 4) is 11.5 Å². The Hall–Kier alpha value is -3.75. The maximum Gasteiger partial charge on any atom is 0.196 e. The number of nitrogens with zero attached hydrogens (tertiary/aromatic N) is 3. The van der Waals surface area contributed by atoms with Gasteiger partial charge in [0, 0.05) is 36.8 Å². The first kappa shape index (κ1) is 27.8. The third kappa shape index (κ3) is 6.87. The van der Waals surface area contributed by atoms with Crippen molar-refractivity contribution in [2.45, 2.75) is 51.0 Å². The van der Waals surface area contributed by atoms with Gasteiger partial charge in [0.15, 0.2) is 5.78 Å². The van der Waals surface area contributed by atoms with Gasteiger partial charge in [0.25, 0.3) is 0 Å². The lowest BCUT2D eigenvalue weighted by atomic mass is 10.0. The minimum Gasteiger partial charge on any atom is -0.457 e. The van der Waals surface area contributed by atoms with E-state index in [4.69, 9.17) is 16.3 Å². The van der Waals surface area contributed by atoms with Gasteiger partial charge < -0.3 is 24.7 Å². The van der Waals surface area contributed by atoms with Gasteiger partial charge in [-0.3, -0.25) is 4.79 Å². The Kier molecular flexibility index (Phi) is 9.42. The van der Waals surface area contributed by atoms with E-state index in [1.54, 1.807) is 24.4 Å². The molecule has 0 amide bonds. The number of rotatable bonds is 13. The van der Waals surface area contributed by atoms with Crippen LogP contribution in [0.3, 0.4) is 0 Å². The zero-order valence-electron chi connectivity index (χ0n) is 22.4. The normalized spacial score (nSPS) is 15.7. The van der Waals surface area contributed by atoms with Crippen LogP contribution in [0, 0.1) is 0 Å². The molecular weight excluding hydrogens is 526 g/mol. The van der Waals surface area contributed by atoms with E-state index in [0.717, 1.165) is 64.4 Å². The summed E-state index contributed by atoms with van der Waals surface area (Å²) < 4.78 is 5.87. The highest BCUT2D eigenvalue weighted by molar-refractivity contribution is 6.35. The van der Waals surface area contributed by atoms with Crippen LogP contribution in [-0.4, -0.2) is 57.6 Å². The molecule has 5 rings (SSSR count). The lowest BCUT2D eigenvalue weighted by Gasteiger charge is -2.33. The average molecular weight is 560 g/mol. The molecule has 0 aliphatic carbocycles. The fourth-order valence-electron chi connectivity index (χ4n) is 5.25. The van der Waals surface area contributed by atoms with E-state index in [9.17, 15) is 9.59 Å². The number of H-pyrrole nitrogens is 1. The molecule has 0 saturated carbocycles. The predicted molar refractivity (Wildman–Crippen MR) is 158 cm³/mol. The van der Waals surface area contributed by atoms with Crippen molar-refractivity contribution in [1.29, 1.82) is 0 Å². The number of carbonyl (C=O) groups is 2. The quantitative estimate of drug-likeness (QED) is 0.107. The van der Waals surface area contributed by atoms with Gasteiger partial charge in [-0.25, -0.2) is 9.97 Å². The van der Waals surface area contributed by atoms with Crippen LogP contribution in [0.1, 0.15) is 60.9 Å². The molecule has 208 valence electrons. The van der Waals surface area contributed by atoms with Crippen molar-refractivity contribution in [2.24, 2.45) is 0 Å². The second-order valence-corrected chi connectivity index (χ2v) is 10.6. The Bertz CT molecular complexity index is 1440. The van der Waals surface area contributed by atoms with Gasteiger partial charge in [0.2, 0.25) is 0 Å². The SMILES string of the molecule is O=CCCCCCCN1CCCC(Nc2ncnc3[nH]cc(C(=O)c4ccc(Oc5ccccc5)cc4Cl)c23)C1. The zero-order valence-corrected chi connectivity index (χ0v) is 23.2. The molecule has 4 aromatic rings. The smallest absolute Gasteiger partial charge is 0.196 e. The summed E-state index contributed by atoms with van der Waals surface area (Å²) in [5, 5.41) is 4.58. The van der Waals surface area contributed by atoms with Crippen molar-refractivity contribution >= 4 is 40.5 Å². The Labute approximate surface area is 239 Å². The number of benzene rings is 2. The number of hydrogen-bond acceptors (Lipinski definition) is 7. The molecule has 40 heavy (non-hydrogen) atoms. The topological polar surface area (TPSA) is 100 Å². The summed E-state index contributed by atoms with van der Waals surface area (Å²) in [6.45, 7) is 3.05. The van der Waals surface area contributed by atoms with Gasteiger partial charge in [0.05, 0.1) is 16.0 Å². The first-order chi connectivity index (χ1) is 19.6. The van der Waals surface area contributed by atoms with Crippen molar-refractivity contribution < 1.29 is 14.3 Å². The highest BCUT2D eigenvalue weighted by Crippen LogP contribution is 2.32. The summed E-state index contributed by atoms with van der Waals surface area (Å²) in [7, 11) is 0. The summed E-state index contributed by atoms with van der Waals surface area (Å²) in [6, 6.07) is 14.7.